The number of aryl methyl sites for hydroxylation is 1. The van der Waals surface area contributed by atoms with E-state index in [4.69, 9.17) is 11.6 Å². The molecule has 2 atom stereocenters. The Bertz CT molecular complexity index is 978. The summed E-state index contributed by atoms with van der Waals surface area (Å²) >= 11 is 6.15. The van der Waals surface area contributed by atoms with Gasteiger partial charge in [0.15, 0.2) is 0 Å². The molecular weight excluding hydrogens is 382 g/mol. The Labute approximate surface area is 177 Å². The Balaban J connectivity index is 1.74. The summed E-state index contributed by atoms with van der Waals surface area (Å²) in [4.78, 5) is 17.0. The third-order valence-electron chi connectivity index (χ3n) is 4.83. The average Bonchev–Trinajstić information content (AvgIpc) is 2.67. The topological polar surface area (TPSA) is 53.5 Å². The second-order valence-electron chi connectivity index (χ2n) is 7.36. The zero-order valence-electron chi connectivity index (χ0n) is 16.9. The third kappa shape index (κ3) is 5.81. The molecule has 1 aliphatic heterocycles. The van der Waals surface area contributed by atoms with Crippen LogP contribution in [0.3, 0.4) is 0 Å². The van der Waals surface area contributed by atoms with Gasteiger partial charge in [-0.1, -0.05) is 54.9 Å². The normalized spacial score (nSPS) is 22.1. The van der Waals surface area contributed by atoms with Crippen LogP contribution in [-0.4, -0.2) is 11.1 Å². The van der Waals surface area contributed by atoms with Crippen LogP contribution in [0.1, 0.15) is 47.8 Å². The lowest BCUT2D eigenvalue weighted by molar-refractivity contribution is 0.102. The van der Waals surface area contributed by atoms with Crippen molar-refractivity contribution in [2.45, 2.75) is 33.2 Å². The highest BCUT2D eigenvalue weighted by Crippen LogP contribution is 2.21. The van der Waals surface area contributed by atoms with Crippen LogP contribution >= 0.6 is 11.6 Å². The molecule has 0 bridgehead atoms. The van der Waals surface area contributed by atoms with Crippen molar-refractivity contribution in [1.82, 2.24) is 5.32 Å². The average molecular weight is 408 g/mol. The fourth-order valence-corrected chi connectivity index (χ4v) is 3.38. The molecule has 2 aromatic rings. The Morgan fingerprint density at radius 3 is 2.79 bits per heavy atom. The molecule has 1 unspecified atom stereocenters. The molecule has 0 aliphatic carbocycles. The lowest BCUT2D eigenvalue weighted by Crippen LogP contribution is -2.19. The number of nitrogens with one attached hydrogen (secondary N) is 2. The number of allylic oxidation sites excluding steroid dienone is 3. The quantitative estimate of drug-likeness (QED) is 0.641. The van der Waals surface area contributed by atoms with E-state index in [1.54, 1.807) is 0 Å². The minimum atomic E-state index is -0.111. The smallest absolute Gasteiger partial charge is 0.255 e. The first-order valence-electron chi connectivity index (χ1n) is 9.78. The number of carbonyl (C=O) groups excluding carboxylic acids is 1. The summed E-state index contributed by atoms with van der Waals surface area (Å²) in [6.45, 7) is 6.14. The number of halogens is 1. The molecule has 0 spiro atoms. The number of carbonyl (C=O) groups is 1. The van der Waals surface area contributed by atoms with E-state index in [1.165, 1.54) is 0 Å². The Hall–Kier alpha value is -2.85. The van der Waals surface area contributed by atoms with Crippen LogP contribution < -0.4 is 10.6 Å². The monoisotopic (exact) mass is 407 g/mol. The van der Waals surface area contributed by atoms with Gasteiger partial charge in [-0.15, -0.1) is 0 Å². The van der Waals surface area contributed by atoms with Gasteiger partial charge in [0.2, 0.25) is 0 Å². The number of anilines is 1. The van der Waals surface area contributed by atoms with Gasteiger partial charge in [0.1, 0.15) is 11.0 Å². The van der Waals surface area contributed by atoms with Gasteiger partial charge in [0.25, 0.3) is 5.91 Å². The molecule has 5 heteroatoms. The lowest BCUT2D eigenvalue weighted by Gasteiger charge is -2.19. The number of amides is 1. The van der Waals surface area contributed by atoms with Gasteiger partial charge >= 0.3 is 0 Å². The van der Waals surface area contributed by atoms with E-state index in [9.17, 15) is 4.79 Å². The van der Waals surface area contributed by atoms with E-state index in [0.717, 1.165) is 29.1 Å². The largest absolute Gasteiger partial charge is 0.364 e. The van der Waals surface area contributed by atoms with Crippen molar-refractivity contribution in [2.75, 3.05) is 5.32 Å². The second-order valence-corrected chi connectivity index (χ2v) is 7.75. The van der Waals surface area contributed by atoms with E-state index < -0.39 is 0 Å². The standard InChI is InChI=1S/C24H26ClN3O/c1-16-8-6-13-22(25)28-23(14-16)26-18(3)19-10-7-11-20(15-19)27-24(29)21-12-5-4-9-17(21)2/h4-7,9-16,18,26H,8H2,1-3H3,(H,27,29)/b13-6+,23-14-,28-22+/t16?,18-/m0/s1. The highest BCUT2D eigenvalue weighted by molar-refractivity contribution is 6.68. The number of rotatable bonds is 5. The molecular formula is C24H26ClN3O. The van der Waals surface area contributed by atoms with Gasteiger partial charge in [-0.25, -0.2) is 4.99 Å². The van der Waals surface area contributed by atoms with Crippen LogP contribution in [0.25, 0.3) is 0 Å². The Kier molecular flexibility index (Phi) is 6.89. The maximum atomic E-state index is 12.6. The van der Waals surface area contributed by atoms with E-state index in [2.05, 4.69) is 35.5 Å². The summed E-state index contributed by atoms with van der Waals surface area (Å²) in [7, 11) is 0. The number of nitrogens with zero attached hydrogens (tertiary/aromatic N) is 1. The van der Waals surface area contributed by atoms with Crippen molar-refractivity contribution in [2.24, 2.45) is 10.9 Å². The van der Waals surface area contributed by atoms with Crippen molar-refractivity contribution >= 4 is 28.4 Å². The summed E-state index contributed by atoms with van der Waals surface area (Å²) < 4.78 is 0. The molecule has 29 heavy (non-hydrogen) atoms. The number of hydrogen-bond acceptors (Lipinski definition) is 3. The highest BCUT2D eigenvalue weighted by atomic mass is 35.5. The van der Waals surface area contributed by atoms with E-state index in [0.29, 0.717) is 16.7 Å². The maximum Gasteiger partial charge on any atom is 0.255 e. The van der Waals surface area contributed by atoms with Gasteiger partial charge in [-0.2, -0.15) is 0 Å². The van der Waals surface area contributed by atoms with Crippen molar-refractivity contribution in [3.8, 4) is 0 Å². The Morgan fingerprint density at radius 1 is 1.21 bits per heavy atom. The van der Waals surface area contributed by atoms with Crippen LogP contribution in [0.5, 0.6) is 0 Å². The SMILES string of the molecule is Cc1ccccc1C(=O)Nc1cccc([C@H](C)NC2=C/C(C)C/C=C/C(Cl)=N\2)c1. The van der Waals surface area contributed by atoms with Gasteiger partial charge in [0.05, 0.1) is 6.04 Å². The molecule has 150 valence electrons. The predicted molar refractivity (Wildman–Crippen MR) is 121 cm³/mol. The van der Waals surface area contributed by atoms with Crippen molar-refractivity contribution in [3.05, 3.63) is 89.3 Å². The van der Waals surface area contributed by atoms with Crippen LogP contribution in [0.15, 0.2) is 77.6 Å². The van der Waals surface area contributed by atoms with Gasteiger partial charge in [-0.05, 0) is 67.7 Å². The first-order valence-corrected chi connectivity index (χ1v) is 10.2. The molecule has 0 saturated heterocycles. The van der Waals surface area contributed by atoms with E-state index >= 15 is 0 Å². The molecule has 1 heterocycles. The molecule has 0 saturated carbocycles. The molecule has 0 aromatic heterocycles. The van der Waals surface area contributed by atoms with Crippen molar-refractivity contribution < 1.29 is 4.79 Å². The summed E-state index contributed by atoms with van der Waals surface area (Å²) in [6, 6.07) is 15.4. The van der Waals surface area contributed by atoms with Gasteiger partial charge in [-0.3, -0.25) is 4.79 Å². The van der Waals surface area contributed by atoms with E-state index in [-0.39, 0.29) is 11.9 Å². The number of hydrogen-bond donors (Lipinski definition) is 2. The van der Waals surface area contributed by atoms with E-state index in [1.807, 2.05) is 67.6 Å². The fourth-order valence-electron chi connectivity index (χ4n) is 3.20. The summed E-state index contributed by atoms with van der Waals surface area (Å²) in [5, 5.41) is 6.88. The zero-order valence-corrected chi connectivity index (χ0v) is 17.7. The molecule has 3 rings (SSSR count). The third-order valence-corrected chi connectivity index (χ3v) is 5.04. The molecule has 2 N–H and O–H groups in total. The first kappa shape index (κ1) is 20.9. The summed E-state index contributed by atoms with van der Waals surface area (Å²) in [5.41, 5.74) is 3.43. The van der Waals surface area contributed by atoms with Crippen molar-refractivity contribution in [3.63, 3.8) is 0 Å². The molecule has 4 nitrogen and oxygen atoms in total. The molecule has 1 aliphatic rings. The van der Waals surface area contributed by atoms with Crippen molar-refractivity contribution in [1.29, 1.82) is 0 Å². The maximum absolute atomic E-state index is 12.6. The molecule has 0 fully saturated rings. The summed E-state index contributed by atoms with van der Waals surface area (Å²) in [6.07, 6.45) is 6.88. The highest BCUT2D eigenvalue weighted by Gasteiger charge is 2.12. The zero-order chi connectivity index (χ0) is 20.8. The van der Waals surface area contributed by atoms with Gasteiger partial charge in [0, 0.05) is 11.3 Å². The lowest BCUT2D eigenvalue weighted by atomic mass is 10.0. The van der Waals surface area contributed by atoms with Crippen LogP contribution in [-0.2, 0) is 0 Å². The molecule has 2 aromatic carbocycles. The molecule has 0 radical (unpaired) electrons. The Morgan fingerprint density at radius 2 is 2.00 bits per heavy atom. The summed E-state index contributed by atoms with van der Waals surface area (Å²) in [5.74, 6) is 1.02. The fraction of sp³-hybridized carbons (Fsp3) is 0.250. The van der Waals surface area contributed by atoms with Crippen LogP contribution in [0.2, 0.25) is 0 Å². The van der Waals surface area contributed by atoms with Crippen LogP contribution in [0.4, 0.5) is 5.69 Å². The number of aliphatic imine (C=N–C) groups is 1. The van der Waals surface area contributed by atoms with Crippen LogP contribution in [0, 0.1) is 12.8 Å². The number of benzene rings is 2. The second kappa shape index (κ2) is 9.57. The first-order chi connectivity index (χ1) is 13.9. The van der Waals surface area contributed by atoms with Gasteiger partial charge < -0.3 is 10.6 Å². The molecule has 1 amide bonds. The predicted octanol–water partition coefficient (Wildman–Crippen LogP) is 5.97. The minimum Gasteiger partial charge on any atom is -0.364 e. The minimum absolute atomic E-state index is 0.000358.